The van der Waals surface area contributed by atoms with Crippen molar-refractivity contribution in [2.24, 2.45) is 0 Å². The summed E-state index contributed by atoms with van der Waals surface area (Å²) in [6.45, 7) is 3.34. The lowest BCUT2D eigenvalue weighted by atomic mass is 10.2. The van der Waals surface area contributed by atoms with Crippen molar-refractivity contribution in [1.29, 1.82) is 0 Å². The minimum atomic E-state index is -0.0817. The van der Waals surface area contributed by atoms with Crippen LogP contribution in [-0.4, -0.2) is 38.6 Å². The van der Waals surface area contributed by atoms with Crippen molar-refractivity contribution in [3.63, 3.8) is 0 Å². The molecule has 94 valence electrons. The van der Waals surface area contributed by atoms with Crippen molar-refractivity contribution in [2.75, 3.05) is 26.8 Å². The Kier molecular flexibility index (Phi) is 9.70. The van der Waals surface area contributed by atoms with Crippen LogP contribution in [0.4, 0.5) is 0 Å². The van der Waals surface area contributed by atoms with Crippen molar-refractivity contribution in [3.8, 4) is 0 Å². The number of ether oxygens (including phenoxy) is 1. The molecule has 0 saturated heterocycles. The number of rotatable bonds is 9. The maximum Gasteiger partial charge on any atom is 0.245 e. The van der Waals surface area contributed by atoms with E-state index in [2.05, 4.69) is 15.4 Å². The van der Waals surface area contributed by atoms with Crippen LogP contribution in [0.15, 0.2) is 0 Å². The van der Waals surface area contributed by atoms with Crippen molar-refractivity contribution < 1.29 is 14.3 Å². The molecule has 0 fully saturated rings. The summed E-state index contributed by atoms with van der Waals surface area (Å²) in [6, 6.07) is 0. The number of carbonyl (C=O) groups is 2. The van der Waals surface area contributed by atoms with E-state index in [1.807, 2.05) is 6.92 Å². The van der Waals surface area contributed by atoms with Gasteiger partial charge in [-0.1, -0.05) is 6.92 Å². The van der Waals surface area contributed by atoms with Gasteiger partial charge in [0, 0.05) is 26.6 Å². The number of carbonyl (C=O) groups excluding carboxylic acids is 2. The standard InChI is InChI=1S/C11H22N2O3/c1-3-10(14)12-7-5-4-6-8-13-11(15)9-16-2/h3-9H2,1-2H3,(H,12,14)(H,13,15). The Balaban J connectivity index is 3.15. The third-order valence-electron chi connectivity index (χ3n) is 2.09. The van der Waals surface area contributed by atoms with Gasteiger partial charge in [-0.05, 0) is 19.3 Å². The molecule has 2 amide bonds. The predicted molar refractivity (Wildman–Crippen MR) is 62.0 cm³/mol. The Morgan fingerprint density at radius 1 is 1.00 bits per heavy atom. The number of amides is 2. The first kappa shape index (κ1) is 14.9. The lowest BCUT2D eigenvalue weighted by Crippen LogP contribution is -2.28. The molecule has 0 unspecified atom stereocenters. The minimum absolute atomic E-state index is 0.0817. The zero-order chi connectivity index (χ0) is 12.2. The molecule has 0 aliphatic carbocycles. The van der Waals surface area contributed by atoms with E-state index in [1.54, 1.807) is 0 Å². The normalized spacial score (nSPS) is 9.88. The molecule has 0 aromatic carbocycles. The zero-order valence-corrected chi connectivity index (χ0v) is 10.2. The third-order valence-corrected chi connectivity index (χ3v) is 2.09. The Morgan fingerprint density at radius 3 is 2.06 bits per heavy atom. The van der Waals surface area contributed by atoms with E-state index in [4.69, 9.17) is 0 Å². The zero-order valence-electron chi connectivity index (χ0n) is 10.2. The number of nitrogens with one attached hydrogen (secondary N) is 2. The van der Waals surface area contributed by atoms with Crippen LogP contribution in [0.5, 0.6) is 0 Å². The van der Waals surface area contributed by atoms with Gasteiger partial charge in [0.05, 0.1) is 0 Å². The van der Waals surface area contributed by atoms with Gasteiger partial charge in [-0.2, -0.15) is 0 Å². The Labute approximate surface area is 96.9 Å². The predicted octanol–water partition coefficient (Wildman–Crippen LogP) is 0.446. The molecule has 0 aliphatic heterocycles. The summed E-state index contributed by atoms with van der Waals surface area (Å²) in [5.74, 6) is 0.00943. The summed E-state index contributed by atoms with van der Waals surface area (Å²) in [7, 11) is 1.50. The van der Waals surface area contributed by atoms with Crippen LogP contribution in [0.1, 0.15) is 32.6 Å². The van der Waals surface area contributed by atoms with Gasteiger partial charge in [-0.3, -0.25) is 9.59 Å². The van der Waals surface area contributed by atoms with Crippen LogP contribution < -0.4 is 10.6 Å². The van der Waals surface area contributed by atoms with Gasteiger partial charge in [-0.25, -0.2) is 0 Å². The molecule has 0 bridgehead atoms. The van der Waals surface area contributed by atoms with E-state index < -0.39 is 0 Å². The van der Waals surface area contributed by atoms with Gasteiger partial charge in [0.1, 0.15) is 6.61 Å². The van der Waals surface area contributed by atoms with Crippen molar-refractivity contribution in [1.82, 2.24) is 10.6 Å². The molecule has 0 saturated carbocycles. The molecule has 0 radical (unpaired) electrons. The summed E-state index contributed by atoms with van der Waals surface area (Å²) in [5, 5.41) is 5.55. The molecule has 0 heterocycles. The van der Waals surface area contributed by atoms with E-state index in [-0.39, 0.29) is 18.4 Å². The van der Waals surface area contributed by atoms with Crippen molar-refractivity contribution in [3.05, 3.63) is 0 Å². The van der Waals surface area contributed by atoms with Crippen molar-refractivity contribution in [2.45, 2.75) is 32.6 Å². The van der Waals surface area contributed by atoms with Gasteiger partial charge in [0.15, 0.2) is 0 Å². The topological polar surface area (TPSA) is 67.4 Å². The molecule has 0 spiro atoms. The third kappa shape index (κ3) is 9.45. The van der Waals surface area contributed by atoms with Crippen LogP contribution in [0.2, 0.25) is 0 Å². The van der Waals surface area contributed by atoms with E-state index in [9.17, 15) is 9.59 Å². The fraction of sp³-hybridized carbons (Fsp3) is 0.818. The number of unbranched alkanes of at least 4 members (excludes halogenated alkanes) is 2. The van der Waals surface area contributed by atoms with Crippen LogP contribution in [0.25, 0.3) is 0 Å². The first-order valence-corrected chi connectivity index (χ1v) is 5.73. The summed E-state index contributed by atoms with van der Waals surface area (Å²) >= 11 is 0. The summed E-state index contributed by atoms with van der Waals surface area (Å²) in [6.07, 6.45) is 3.41. The average molecular weight is 230 g/mol. The molecule has 0 aliphatic rings. The Morgan fingerprint density at radius 2 is 1.56 bits per heavy atom. The van der Waals surface area contributed by atoms with Gasteiger partial charge in [0.25, 0.3) is 0 Å². The Hall–Kier alpha value is -1.10. The lowest BCUT2D eigenvalue weighted by Gasteiger charge is -2.05. The molecule has 0 aromatic rings. The van der Waals surface area contributed by atoms with Crippen LogP contribution in [0, 0.1) is 0 Å². The first-order chi connectivity index (χ1) is 7.70. The summed E-state index contributed by atoms with van der Waals surface area (Å²) in [4.78, 5) is 21.8. The molecule has 5 nitrogen and oxygen atoms in total. The Bertz CT molecular complexity index is 207. The highest BCUT2D eigenvalue weighted by Gasteiger charge is 1.98. The molecule has 0 rings (SSSR count). The summed E-state index contributed by atoms with van der Waals surface area (Å²) < 4.78 is 4.68. The minimum Gasteiger partial charge on any atom is -0.375 e. The average Bonchev–Trinajstić information content (AvgIpc) is 2.27. The maximum atomic E-state index is 11.0. The second kappa shape index (κ2) is 10.4. The number of methoxy groups -OCH3 is 1. The number of hydrogen-bond donors (Lipinski definition) is 2. The van der Waals surface area contributed by atoms with E-state index in [0.717, 1.165) is 25.8 Å². The largest absolute Gasteiger partial charge is 0.375 e. The smallest absolute Gasteiger partial charge is 0.245 e. The highest BCUT2D eigenvalue weighted by molar-refractivity contribution is 5.77. The fourth-order valence-corrected chi connectivity index (χ4v) is 1.19. The molecule has 5 heteroatoms. The second-order valence-corrected chi connectivity index (χ2v) is 3.55. The van der Waals surface area contributed by atoms with E-state index in [1.165, 1.54) is 7.11 Å². The monoisotopic (exact) mass is 230 g/mol. The highest BCUT2D eigenvalue weighted by Crippen LogP contribution is 1.92. The van der Waals surface area contributed by atoms with Gasteiger partial charge < -0.3 is 15.4 Å². The first-order valence-electron chi connectivity index (χ1n) is 5.73. The SMILES string of the molecule is CCC(=O)NCCCCCNC(=O)COC. The quantitative estimate of drug-likeness (QED) is 0.565. The molecule has 2 N–H and O–H groups in total. The molecular weight excluding hydrogens is 208 g/mol. The summed E-state index contributed by atoms with van der Waals surface area (Å²) in [5.41, 5.74) is 0. The van der Waals surface area contributed by atoms with E-state index >= 15 is 0 Å². The second-order valence-electron chi connectivity index (χ2n) is 3.55. The molecule has 0 aromatic heterocycles. The van der Waals surface area contributed by atoms with Gasteiger partial charge in [-0.15, -0.1) is 0 Å². The van der Waals surface area contributed by atoms with E-state index in [0.29, 0.717) is 13.0 Å². The van der Waals surface area contributed by atoms with Gasteiger partial charge in [0.2, 0.25) is 11.8 Å². The van der Waals surface area contributed by atoms with Gasteiger partial charge >= 0.3 is 0 Å². The highest BCUT2D eigenvalue weighted by atomic mass is 16.5. The van der Waals surface area contributed by atoms with Crippen LogP contribution in [0.3, 0.4) is 0 Å². The maximum absolute atomic E-state index is 11.0. The fourth-order valence-electron chi connectivity index (χ4n) is 1.19. The lowest BCUT2D eigenvalue weighted by molar-refractivity contribution is -0.124. The van der Waals surface area contributed by atoms with Crippen LogP contribution >= 0.6 is 0 Å². The molecular formula is C11H22N2O3. The van der Waals surface area contributed by atoms with Crippen molar-refractivity contribution >= 4 is 11.8 Å². The molecule has 16 heavy (non-hydrogen) atoms. The number of hydrogen-bond acceptors (Lipinski definition) is 3. The van der Waals surface area contributed by atoms with Crippen LogP contribution in [-0.2, 0) is 14.3 Å². The molecule has 0 atom stereocenters.